The second-order valence-corrected chi connectivity index (χ2v) is 19.5. The minimum Gasteiger partial charge on any atom is -0.487 e. The fourth-order valence-corrected chi connectivity index (χ4v) is 9.36. The number of benzene rings is 4. The van der Waals surface area contributed by atoms with Crippen molar-refractivity contribution < 1.29 is 53.7 Å². The summed E-state index contributed by atoms with van der Waals surface area (Å²) < 4.78 is 100.0. The molecule has 2 aliphatic rings. The van der Waals surface area contributed by atoms with Crippen LogP contribution in [0.4, 0.5) is 49.1 Å². The van der Waals surface area contributed by atoms with E-state index in [1.807, 2.05) is 42.3 Å². The molecule has 2 aliphatic heterocycles. The summed E-state index contributed by atoms with van der Waals surface area (Å²) in [7, 11) is -7.58. The number of nitrogens with two attached hydrogens (primary N) is 1. The molecule has 8 aromatic rings. The van der Waals surface area contributed by atoms with Crippen LogP contribution in [0, 0.1) is 39.3 Å². The molecule has 73 heavy (non-hydrogen) atoms. The molecule has 0 spiro atoms. The van der Waals surface area contributed by atoms with E-state index in [1.165, 1.54) is 36.4 Å². The van der Waals surface area contributed by atoms with Crippen LogP contribution >= 0.6 is 11.6 Å². The summed E-state index contributed by atoms with van der Waals surface area (Å²) in [5.74, 6) is 0.127. The lowest BCUT2D eigenvalue weighted by Gasteiger charge is -2.12. The van der Waals surface area contributed by atoms with Crippen molar-refractivity contribution in [3.8, 4) is 11.5 Å². The Kier molecular flexibility index (Phi) is 14.5. The number of ether oxygens (including phenoxy) is 2. The normalized spacial score (nSPS) is 13.5. The SMILES string of the molecule is Cc1cc(COc2ccc(Nc3nc(Cl)ncc3F)cc2C)no1.Cc1cc(COc2ccc(Nc3nc(Nc4ccc5c(c4)S(=O)(=O)NC5=O)ncc3F)cc2C)no1.Nc1ccc2c(c1)S(=O)(=O)NC2=O. The summed E-state index contributed by atoms with van der Waals surface area (Å²) in [4.78, 5) is 38.1. The maximum absolute atomic E-state index is 14.4. The van der Waals surface area contributed by atoms with E-state index >= 15 is 0 Å². The van der Waals surface area contributed by atoms with E-state index in [0.29, 0.717) is 58.0 Å². The molecule has 22 nitrogen and oxygen atoms in total. The van der Waals surface area contributed by atoms with E-state index in [0.717, 1.165) is 29.3 Å². The molecule has 10 rings (SSSR count). The third kappa shape index (κ3) is 12.2. The molecule has 4 aromatic heterocycles. The number of nitrogen functional groups attached to an aromatic ring is 1. The molecular formula is C46H39ClF2N12O10S2. The highest BCUT2D eigenvalue weighted by Crippen LogP contribution is 2.30. The molecular weight excluding hydrogens is 1020 g/mol. The first-order valence-electron chi connectivity index (χ1n) is 21.2. The van der Waals surface area contributed by atoms with E-state index in [4.69, 9.17) is 35.9 Å². The number of sulfonamides is 2. The van der Waals surface area contributed by atoms with Crippen molar-refractivity contribution in [2.45, 2.75) is 50.7 Å². The minimum atomic E-state index is -3.92. The number of fused-ring (bicyclic) bond motifs is 2. The lowest BCUT2D eigenvalue weighted by atomic mass is 10.2. The minimum absolute atomic E-state index is 0.0149. The number of halogens is 3. The second-order valence-electron chi connectivity index (χ2n) is 15.8. The van der Waals surface area contributed by atoms with Gasteiger partial charge in [0.05, 0.1) is 23.5 Å². The Labute approximate surface area is 418 Å². The van der Waals surface area contributed by atoms with Gasteiger partial charge in [0.25, 0.3) is 31.9 Å². The monoisotopic (exact) mass is 1060 g/mol. The van der Waals surface area contributed by atoms with Gasteiger partial charge in [0, 0.05) is 34.9 Å². The van der Waals surface area contributed by atoms with Crippen molar-refractivity contribution >= 4 is 83.8 Å². The van der Waals surface area contributed by atoms with E-state index < -0.39 is 43.5 Å². The van der Waals surface area contributed by atoms with Gasteiger partial charge in [-0.3, -0.25) is 9.59 Å². The molecule has 0 saturated carbocycles. The van der Waals surface area contributed by atoms with Gasteiger partial charge in [-0.15, -0.1) is 0 Å². The molecule has 6 heterocycles. The Morgan fingerprint density at radius 3 is 1.59 bits per heavy atom. The molecule has 4 aromatic carbocycles. The first-order valence-corrected chi connectivity index (χ1v) is 24.5. The van der Waals surface area contributed by atoms with Gasteiger partial charge in [-0.1, -0.05) is 10.3 Å². The molecule has 0 bridgehead atoms. The Morgan fingerprint density at radius 1 is 0.616 bits per heavy atom. The maximum atomic E-state index is 14.4. The average Bonchev–Trinajstić information content (AvgIpc) is 4.07. The standard InChI is InChI=1S/C23H19FN6O5S.C16H14ClFN4O2.C7H6N2O3S/c1-12-7-14(4-6-19(12)34-11-16-8-13(2)35-29-16)26-21-18(24)10-25-23(28-21)27-15-3-5-17-20(9-15)36(32,33)30-22(17)31;1-9-5-11(20-15-13(18)7-19-16(17)21-15)3-4-14(9)23-8-12-6-10(2)24-22-12;8-4-1-2-5-6(3-4)13(11,12)9-7(5)10/h3-10H,11H2,1-2H3,(H,30,31)(H2,25,26,27,28);3-7H,8H2,1-2H3,(H,19,20,21);1-3H,8H2,(H,9,10). The molecule has 0 atom stereocenters. The van der Waals surface area contributed by atoms with Crippen LogP contribution < -0.4 is 40.6 Å². The summed E-state index contributed by atoms with van der Waals surface area (Å²) >= 11 is 5.68. The number of carbonyl (C=O) groups excluding carboxylic acids is 2. The van der Waals surface area contributed by atoms with Crippen molar-refractivity contribution in [3.05, 3.63) is 159 Å². The Balaban J connectivity index is 0.000000164. The molecule has 0 saturated heterocycles. The summed E-state index contributed by atoms with van der Waals surface area (Å²) in [5, 5.41) is 16.3. The summed E-state index contributed by atoms with van der Waals surface area (Å²) in [5.41, 5.74) is 10.5. The number of amides is 2. The van der Waals surface area contributed by atoms with Crippen molar-refractivity contribution in [3.63, 3.8) is 0 Å². The maximum Gasteiger partial charge on any atom is 0.266 e. The number of aromatic nitrogens is 6. The molecule has 0 fully saturated rings. The zero-order chi connectivity index (χ0) is 52.2. The lowest BCUT2D eigenvalue weighted by Crippen LogP contribution is -2.20. The van der Waals surface area contributed by atoms with Crippen LogP contribution in [0.2, 0.25) is 5.28 Å². The number of rotatable bonds is 12. The van der Waals surface area contributed by atoms with Gasteiger partial charge in [0.15, 0.2) is 23.3 Å². The predicted molar refractivity (Wildman–Crippen MR) is 259 cm³/mol. The van der Waals surface area contributed by atoms with Gasteiger partial charge in [-0.2, -0.15) is 9.97 Å². The summed E-state index contributed by atoms with van der Waals surface area (Å²) in [6.07, 6.45) is 2.00. The molecule has 27 heteroatoms. The topological polar surface area (TPSA) is 311 Å². The molecule has 0 unspecified atom stereocenters. The van der Waals surface area contributed by atoms with Gasteiger partial charge >= 0.3 is 0 Å². The molecule has 0 radical (unpaired) electrons. The van der Waals surface area contributed by atoms with Crippen molar-refractivity contribution in [2.24, 2.45) is 0 Å². The number of carbonyl (C=O) groups is 2. The lowest BCUT2D eigenvalue weighted by molar-refractivity contribution is 0.0976. The van der Waals surface area contributed by atoms with Crippen LogP contribution in [0.3, 0.4) is 0 Å². The third-order valence-corrected chi connectivity index (χ3v) is 13.1. The molecule has 2 amide bonds. The zero-order valence-corrected chi connectivity index (χ0v) is 40.8. The Morgan fingerprint density at radius 2 is 1.08 bits per heavy atom. The number of hydrogen-bond donors (Lipinski definition) is 6. The average molecular weight is 1060 g/mol. The first-order chi connectivity index (χ1) is 34.7. The number of aryl methyl sites for hydroxylation is 4. The third-order valence-electron chi connectivity index (χ3n) is 10.2. The highest BCUT2D eigenvalue weighted by Gasteiger charge is 2.33. The largest absolute Gasteiger partial charge is 0.487 e. The van der Waals surface area contributed by atoms with Gasteiger partial charge < -0.3 is 40.2 Å². The molecule has 376 valence electrons. The van der Waals surface area contributed by atoms with E-state index in [9.17, 15) is 35.2 Å². The number of anilines is 7. The van der Waals surface area contributed by atoms with Crippen LogP contribution in [0.15, 0.2) is 116 Å². The van der Waals surface area contributed by atoms with Gasteiger partial charge in [0.2, 0.25) is 11.2 Å². The van der Waals surface area contributed by atoms with E-state index in [2.05, 4.69) is 46.2 Å². The van der Waals surface area contributed by atoms with Crippen LogP contribution in [-0.2, 0) is 33.3 Å². The van der Waals surface area contributed by atoms with E-state index in [-0.39, 0.29) is 50.4 Å². The fraction of sp³-hybridized carbons (Fsp3) is 0.130. The number of nitrogens with one attached hydrogen (secondary N) is 5. The van der Waals surface area contributed by atoms with Gasteiger partial charge in [0.1, 0.15) is 57.4 Å². The number of hydrogen-bond acceptors (Lipinski definition) is 20. The first kappa shape index (κ1) is 50.6. The van der Waals surface area contributed by atoms with Crippen molar-refractivity contribution in [2.75, 3.05) is 21.7 Å². The summed E-state index contributed by atoms with van der Waals surface area (Å²) in [6, 6.07) is 22.5. The van der Waals surface area contributed by atoms with E-state index in [1.54, 1.807) is 43.3 Å². The van der Waals surface area contributed by atoms with Crippen molar-refractivity contribution in [1.82, 2.24) is 39.7 Å². The smallest absolute Gasteiger partial charge is 0.266 e. The summed E-state index contributed by atoms with van der Waals surface area (Å²) in [6.45, 7) is 7.90. The van der Waals surface area contributed by atoms with Crippen molar-refractivity contribution in [1.29, 1.82) is 0 Å². The Hall–Kier alpha value is -8.75. The van der Waals surface area contributed by atoms with Crippen LogP contribution in [0.25, 0.3) is 0 Å². The highest BCUT2D eigenvalue weighted by atomic mass is 35.5. The zero-order valence-electron chi connectivity index (χ0n) is 38.4. The molecule has 0 aliphatic carbocycles. The van der Waals surface area contributed by atoms with Crippen LogP contribution in [-0.4, -0.2) is 58.9 Å². The van der Waals surface area contributed by atoms with Gasteiger partial charge in [-0.25, -0.2) is 45.0 Å². The second kappa shape index (κ2) is 20.9. The highest BCUT2D eigenvalue weighted by molar-refractivity contribution is 7.91. The van der Waals surface area contributed by atoms with Gasteiger partial charge in [-0.05, 0) is 123 Å². The van der Waals surface area contributed by atoms with Crippen LogP contribution in [0.1, 0.15) is 54.8 Å². The fourth-order valence-electron chi connectivity index (χ4n) is 6.83. The predicted octanol–water partition coefficient (Wildman–Crippen LogP) is 7.62. The number of nitrogens with zero attached hydrogens (tertiary/aromatic N) is 6. The Bertz CT molecular complexity index is 3680. The van der Waals surface area contributed by atoms with Crippen LogP contribution in [0.5, 0.6) is 11.5 Å². The molecule has 7 N–H and O–H groups in total. The quantitative estimate of drug-likeness (QED) is 0.0506.